The average Bonchev–Trinajstić information content (AvgIpc) is 2.38. The number of nitrogens with one attached hydrogen (secondary N) is 1. The summed E-state index contributed by atoms with van der Waals surface area (Å²) in [7, 11) is 0. The molecular formula is C17H30N2. The second kappa shape index (κ2) is 9.11. The molecule has 0 aliphatic heterocycles. The highest BCUT2D eigenvalue weighted by Crippen LogP contribution is 2.09. The van der Waals surface area contributed by atoms with Gasteiger partial charge in [0.25, 0.3) is 0 Å². The van der Waals surface area contributed by atoms with Crippen molar-refractivity contribution in [3.05, 3.63) is 35.4 Å². The molecule has 0 aliphatic rings. The number of hydrogen-bond donors (Lipinski definition) is 1. The first-order chi connectivity index (χ1) is 9.15. The molecule has 19 heavy (non-hydrogen) atoms. The van der Waals surface area contributed by atoms with Gasteiger partial charge >= 0.3 is 0 Å². The van der Waals surface area contributed by atoms with Crippen molar-refractivity contribution in [2.75, 3.05) is 19.6 Å². The molecule has 1 aromatic rings. The van der Waals surface area contributed by atoms with Crippen LogP contribution in [0.5, 0.6) is 0 Å². The van der Waals surface area contributed by atoms with Crippen LogP contribution >= 0.6 is 0 Å². The minimum absolute atomic E-state index is 0.711. The third-order valence-corrected chi connectivity index (χ3v) is 3.27. The zero-order valence-electron chi connectivity index (χ0n) is 13.1. The number of benzene rings is 1. The third kappa shape index (κ3) is 6.74. The average molecular weight is 262 g/mol. The van der Waals surface area contributed by atoms with E-state index in [9.17, 15) is 0 Å². The van der Waals surface area contributed by atoms with Gasteiger partial charge < -0.3 is 5.32 Å². The van der Waals surface area contributed by atoms with Gasteiger partial charge in [0, 0.05) is 13.1 Å². The normalized spacial score (nSPS) is 11.5. The van der Waals surface area contributed by atoms with E-state index >= 15 is 0 Å². The molecule has 0 fully saturated rings. The molecule has 0 aromatic heterocycles. The maximum Gasteiger partial charge on any atom is 0.0233 e. The van der Waals surface area contributed by atoms with Gasteiger partial charge in [-0.1, -0.05) is 52.0 Å². The molecule has 0 spiro atoms. The highest BCUT2D eigenvalue weighted by Gasteiger charge is 2.03. The van der Waals surface area contributed by atoms with Crippen LogP contribution in [0.4, 0.5) is 0 Å². The van der Waals surface area contributed by atoms with E-state index in [1.165, 1.54) is 24.1 Å². The molecule has 0 atom stereocenters. The molecule has 0 amide bonds. The molecular weight excluding hydrogens is 232 g/mol. The van der Waals surface area contributed by atoms with Crippen LogP contribution in [0, 0.1) is 5.92 Å². The quantitative estimate of drug-likeness (QED) is 0.730. The van der Waals surface area contributed by atoms with Gasteiger partial charge in [-0.2, -0.15) is 0 Å². The summed E-state index contributed by atoms with van der Waals surface area (Å²) in [6, 6.07) is 8.98. The molecule has 108 valence electrons. The minimum Gasteiger partial charge on any atom is -0.312 e. The molecule has 0 saturated carbocycles. The molecule has 1 N–H and O–H groups in total. The number of rotatable bonds is 9. The van der Waals surface area contributed by atoms with E-state index in [4.69, 9.17) is 0 Å². The molecule has 1 rings (SSSR count). The topological polar surface area (TPSA) is 15.3 Å². The monoisotopic (exact) mass is 262 g/mol. The first-order valence-corrected chi connectivity index (χ1v) is 7.66. The first kappa shape index (κ1) is 16.2. The fraction of sp³-hybridized carbons (Fsp3) is 0.647. The third-order valence-electron chi connectivity index (χ3n) is 3.27. The summed E-state index contributed by atoms with van der Waals surface area (Å²) in [5.74, 6) is 0.711. The predicted octanol–water partition coefficient (Wildman–Crippen LogP) is 3.66. The fourth-order valence-electron chi connectivity index (χ4n) is 2.27. The van der Waals surface area contributed by atoms with E-state index in [0.29, 0.717) is 5.92 Å². The van der Waals surface area contributed by atoms with E-state index in [1.807, 2.05) is 0 Å². The van der Waals surface area contributed by atoms with Gasteiger partial charge in [-0.25, -0.2) is 0 Å². The van der Waals surface area contributed by atoms with Gasteiger partial charge in [0.05, 0.1) is 0 Å². The van der Waals surface area contributed by atoms with Gasteiger partial charge in [0.15, 0.2) is 0 Å². The summed E-state index contributed by atoms with van der Waals surface area (Å²) < 4.78 is 0. The molecule has 0 saturated heterocycles. The van der Waals surface area contributed by atoms with Crippen LogP contribution in [0.1, 0.15) is 45.2 Å². The smallest absolute Gasteiger partial charge is 0.0233 e. The van der Waals surface area contributed by atoms with Crippen molar-refractivity contribution in [2.45, 2.75) is 47.2 Å². The maximum atomic E-state index is 3.51. The van der Waals surface area contributed by atoms with Gasteiger partial charge in [-0.15, -0.1) is 0 Å². The van der Waals surface area contributed by atoms with Crippen molar-refractivity contribution in [2.24, 2.45) is 5.92 Å². The van der Waals surface area contributed by atoms with Gasteiger partial charge in [-0.05, 0) is 43.1 Å². The Bertz CT molecular complexity index is 347. The summed E-state index contributed by atoms with van der Waals surface area (Å²) in [6.07, 6.45) is 1.23. The Hall–Kier alpha value is -0.860. The Kier molecular flexibility index (Phi) is 7.76. The second-order valence-electron chi connectivity index (χ2n) is 5.71. The van der Waals surface area contributed by atoms with Gasteiger partial charge in [-0.3, -0.25) is 4.90 Å². The van der Waals surface area contributed by atoms with Crippen molar-refractivity contribution < 1.29 is 0 Å². The Morgan fingerprint density at radius 2 is 1.89 bits per heavy atom. The summed E-state index contributed by atoms with van der Waals surface area (Å²) in [6.45, 7) is 14.4. The fourth-order valence-corrected chi connectivity index (χ4v) is 2.27. The van der Waals surface area contributed by atoms with Crippen molar-refractivity contribution >= 4 is 0 Å². The lowest BCUT2D eigenvalue weighted by Gasteiger charge is -2.20. The van der Waals surface area contributed by atoms with Crippen LogP contribution in [-0.4, -0.2) is 24.5 Å². The molecule has 0 heterocycles. The molecule has 2 nitrogen and oxygen atoms in total. The van der Waals surface area contributed by atoms with Crippen LogP contribution in [0.2, 0.25) is 0 Å². The van der Waals surface area contributed by atoms with Gasteiger partial charge in [0.1, 0.15) is 0 Å². The summed E-state index contributed by atoms with van der Waals surface area (Å²) in [4.78, 5) is 2.50. The molecule has 1 aromatic carbocycles. The van der Waals surface area contributed by atoms with E-state index in [1.54, 1.807) is 0 Å². The highest BCUT2D eigenvalue weighted by molar-refractivity contribution is 5.23. The molecule has 2 heteroatoms. The van der Waals surface area contributed by atoms with E-state index in [-0.39, 0.29) is 0 Å². The summed E-state index contributed by atoms with van der Waals surface area (Å²) >= 11 is 0. The van der Waals surface area contributed by atoms with Crippen molar-refractivity contribution in [3.8, 4) is 0 Å². The molecule has 0 bridgehead atoms. The standard InChI is InChI=1S/C17H30N2/c1-5-10-19(6-2)14-17-9-7-8-16(11-17)13-18-12-15(3)4/h7-9,11,15,18H,5-6,10,12-14H2,1-4H3. The van der Waals surface area contributed by atoms with Crippen LogP contribution in [0.15, 0.2) is 24.3 Å². The SMILES string of the molecule is CCCN(CC)Cc1cccc(CNCC(C)C)c1. The Balaban J connectivity index is 2.51. The highest BCUT2D eigenvalue weighted by atomic mass is 15.1. The minimum atomic E-state index is 0.711. The maximum absolute atomic E-state index is 3.51. The van der Waals surface area contributed by atoms with Crippen molar-refractivity contribution in [3.63, 3.8) is 0 Å². The molecule has 0 radical (unpaired) electrons. The second-order valence-corrected chi connectivity index (χ2v) is 5.71. The van der Waals surface area contributed by atoms with E-state index < -0.39 is 0 Å². The zero-order valence-corrected chi connectivity index (χ0v) is 13.1. The van der Waals surface area contributed by atoms with E-state index in [2.05, 4.69) is 62.2 Å². The molecule has 0 aliphatic carbocycles. The Morgan fingerprint density at radius 1 is 1.16 bits per heavy atom. The lowest BCUT2D eigenvalue weighted by molar-refractivity contribution is 0.280. The zero-order chi connectivity index (χ0) is 14.1. The summed E-state index contributed by atoms with van der Waals surface area (Å²) in [5.41, 5.74) is 2.82. The van der Waals surface area contributed by atoms with E-state index in [0.717, 1.165) is 26.2 Å². The lowest BCUT2D eigenvalue weighted by Crippen LogP contribution is -2.23. The van der Waals surface area contributed by atoms with Crippen LogP contribution in [0.3, 0.4) is 0 Å². The van der Waals surface area contributed by atoms with Crippen molar-refractivity contribution in [1.29, 1.82) is 0 Å². The van der Waals surface area contributed by atoms with Crippen LogP contribution in [0.25, 0.3) is 0 Å². The van der Waals surface area contributed by atoms with Crippen LogP contribution < -0.4 is 5.32 Å². The largest absolute Gasteiger partial charge is 0.312 e. The van der Waals surface area contributed by atoms with Crippen molar-refractivity contribution in [1.82, 2.24) is 10.2 Å². The number of nitrogens with zero attached hydrogens (tertiary/aromatic N) is 1. The molecule has 0 unspecified atom stereocenters. The van der Waals surface area contributed by atoms with Gasteiger partial charge in [0.2, 0.25) is 0 Å². The summed E-state index contributed by atoms with van der Waals surface area (Å²) in [5, 5.41) is 3.51. The first-order valence-electron chi connectivity index (χ1n) is 7.66. The predicted molar refractivity (Wildman–Crippen MR) is 84.2 cm³/mol. The number of hydrogen-bond acceptors (Lipinski definition) is 2. The van der Waals surface area contributed by atoms with Crippen LogP contribution in [-0.2, 0) is 13.1 Å². The Labute approximate surface area is 119 Å². The Morgan fingerprint density at radius 3 is 2.53 bits per heavy atom. The lowest BCUT2D eigenvalue weighted by atomic mass is 10.1.